The molecule has 2 saturated heterocycles. The van der Waals surface area contributed by atoms with Crippen molar-refractivity contribution in [1.82, 2.24) is 0 Å². The van der Waals surface area contributed by atoms with E-state index in [1.165, 1.54) is 60.7 Å². The Bertz CT molecular complexity index is 2660. The Hall–Kier alpha value is -6.23. The van der Waals surface area contributed by atoms with E-state index in [1.807, 2.05) is 0 Å². The van der Waals surface area contributed by atoms with E-state index >= 15 is 0 Å². The van der Waals surface area contributed by atoms with Crippen LogP contribution >= 0.6 is 0 Å². The van der Waals surface area contributed by atoms with Gasteiger partial charge in [-0.05, 0) is 45.0 Å². The summed E-state index contributed by atoms with van der Waals surface area (Å²) in [5, 5.41) is 47.5. The lowest BCUT2D eigenvalue weighted by atomic mass is 9.75. The molecular formula is C43H32O14S. The Morgan fingerprint density at radius 3 is 1.52 bits per heavy atom. The van der Waals surface area contributed by atoms with Crippen LogP contribution in [-0.4, -0.2) is 82.4 Å². The van der Waals surface area contributed by atoms with Gasteiger partial charge in [-0.15, -0.1) is 0 Å². The molecule has 4 atom stereocenters. The quantitative estimate of drug-likeness (QED) is 0.126. The number of carbonyl (C=O) groups excluding carboxylic acids is 4. The largest absolute Gasteiger partial charge is 0.507 e. The summed E-state index contributed by atoms with van der Waals surface area (Å²) in [5.41, 5.74) is -2.58. The number of ether oxygens (including phenoxy) is 3. The number of carbonyl (C=O) groups is 4. The second-order valence-corrected chi connectivity index (χ2v) is 16.5. The van der Waals surface area contributed by atoms with Crippen LogP contribution in [0.1, 0.15) is 100 Å². The van der Waals surface area contributed by atoms with Crippen molar-refractivity contribution in [3.05, 3.63) is 146 Å². The van der Waals surface area contributed by atoms with Crippen molar-refractivity contribution >= 4 is 33.3 Å². The van der Waals surface area contributed by atoms with Gasteiger partial charge in [0.1, 0.15) is 41.3 Å². The maximum Gasteiger partial charge on any atom is 0.297 e. The molecule has 5 aromatic carbocycles. The van der Waals surface area contributed by atoms with Crippen molar-refractivity contribution in [3.8, 4) is 23.0 Å². The third-order valence-corrected chi connectivity index (χ3v) is 12.3. The predicted octanol–water partition coefficient (Wildman–Crippen LogP) is 5.15. The third-order valence-electron chi connectivity index (χ3n) is 10.9. The van der Waals surface area contributed by atoms with E-state index in [4.69, 9.17) is 18.4 Å². The van der Waals surface area contributed by atoms with E-state index in [-0.39, 0.29) is 27.1 Å². The van der Waals surface area contributed by atoms with Crippen LogP contribution in [0.2, 0.25) is 0 Å². The summed E-state index contributed by atoms with van der Waals surface area (Å²) < 4.78 is 52.4. The predicted molar refractivity (Wildman–Crippen MR) is 200 cm³/mol. The normalized spacial score (nSPS) is 21.7. The Labute approximate surface area is 329 Å². The number of aryl methyl sites for hydroxylation is 1. The van der Waals surface area contributed by atoms with Crippen molar-refractivity contribution in [2.75, 3.05) is 0 Å². The van der Waals surface area contributed by atoms with Gasteiger partial charge in [-0.3, -0.25) is 23.4 Å². The molecule has 4 N–H and O–H groups in total. The molecular weight excluding hydrogens is 773 g/mol. The lowest BCUT2D eigenvalue weighted by Crippen LogP contribution is -2.41. The Morgan fingerprint density at radius 1 is 0.638 bits per heavy atom. The number of fused-ring (bicyclic) bond motifs is 5. The van der Waals surface area contributed by atoms with Crippen LogP contribution in [0.15, 0.2) is 89.8 Å². The molecule has 0 spiro atoms. The lowest BCUT2D eigenvalue weighted by molar-refractivity contribution is -0.214. The molecule has 2 heterocycles. The fraction of sp³-hybridized carbons (Fsp3) is 0.209. The van der Waals surface area contributed by atoms with Crippen molar-refractivity contribution in [2.45, 2.75) is 62.0 Å². The topological polar surface area (TPSA) is 220 Å². The minimum atomic E-state index is -4.67. The molecule has 14 nitrogen and oxygen atoms in total. The van der Waals surface area contributed by atoms with E-state index in [0.29, 0.717) is 0 Å². The van der Waals surface area contributed by atoms with Crippen LogP contribution in [0, 0.1) is 6.92 Å². The fourth-order valence-corrected chi connectivity index (χ4v) is 9.43. The second-order valence-electron chi connectivity index (χ2n) is 14.9. The van der Waals surface area contributed by atoms with E-state index < -0.39 is 126 Å². The van der Waals surface area contributed by atoms with E-state index in [0.717, 1.165) is 17.7 Å². The Morgan fingerprint density at radius 2 is 1.07 bits per heavy atom. The van der Waals surface area contributed by atoms with Gasteiger partial charge < -0.3 is 34.6 Å². The standard InChI is InChI=1S/C43H32O14S/c1-18-12-14-19(15-13-18)58(52,53)57-40-39(54-42-41(40)55-43(2,3)56-42)28(24-16-26(44)29-31(37(24)50)35(48)22-10-6-4-8-20(22)33(29)46)25-17-27(45)30-32(38(25)51)36(49)23-11-7-5-9-21(23)34(30)47/h4-17,28,39-42,44-45,50-51H,1-3H3. The molecule has 0 amide bonds. The van der Waals surface area contributed by atoms with Crippen molar-refractivity contribution in [1.29, 1.82) is 0 Å². The summed E-state index contributed by atoms with van der Waals surface area (Å²) in [6.07, 6.45) is -6.07. The van der Waals surface area contributed by atoms with Crippen LogP contribution in [0.25, 0.3) is 0 Å². The summed E-state index contributed by atoms with van der Waals surface area (Å²) in [4.78, 5) is 55.3. The maximum atomic E-state index is 14.1. The molecule has 15 heteroatoms. The Kier molecular flexibility index (Phi) is 8.30. The number of hydrogen-bond acceptors (Lipinski definition) is 14. The molecule has 2 aliphatic carbocycles. The second kappa shape index (κ2) is 12.9. The maximum absolute atomic E-state index is 14.1. The first-order valence-electron chi connectivity index (χ1n) is 18.0. The molecule has 0 radical (unpaired) electrons. The van der Waals surface area contributed by atoms with Gasteiger partial charge in [-0.2, -0.15) is 8.42 Å². The molecule has 0 saturated carbocycles. The molecule has 4 unspecified atom stereocenters. The van der Waals surface area contributed by atoms with Crippen molar-refractivity contribution in [3.63, 3.8) is 0 Å². The molecule has 0 aromatic heterocycles. The number of aromatic hydroxyl groups is 4. The van der Waals surface area contributed by atoms with E-state index in [1.54, 1.807) is 32.9 Å². The fourth-order valence-electron chi connectivity index (χ4n) is 8.34. The molecule has 9 rings (SSSR count). The summed E-state index contributed by atoms with van der Waals surface area (Å²) in [6, 6.07) is 19.2. The molecule has 4 aliphatic rings. The first-order chi connectivity index (χ1) is 27.5. The minimum absolute atomic E-state index is 0.0293. The van der Waals surface area contributed by atoms with E-state index in [2.05, 4.69) is 0 Å². The average molecular weight is 805 g/mol. The third kappa shape index (κ3) is 5.50. The first-order valence-corrected chi connectivity index (χ1v) is 19.5. The monoisotopic (exact) mass is 804 g/mol. The zero-order chi connectivity index (χ0) is 41.2. The van der Waals surface area contributed by atoms with Crippen LogP contribution in [0.5, 0.6) is 23.0 Å². The highest BCUT2D eigenvalue weighted by Gasteiger charge is 2.60. The number of hydrogen-bond donors (Lipinski definition) is 4. The SMILES string of the molecule is Cc1ccc(S(=O)(=O)OC2C3OC(C)(C)OC3OC2C(c2cc(O)c3c(c2O)C(=O)c2ccccc2C3=O)c2cc(O)c3c(c2O)C(=O)c2ccccc2C3=O)cc1. The summed E-state index contributed by atoms with van der Waals surface area (Å²) in [5.74, 6) is -9.66. The van der Waals surface area contributed by atoms with Crippen LogP contribution < -0.4 is 0 Å². The van der Waals surface area contributed by atoms with Gasteiger partial charge in [0.2, 0.25) is 0 Å². The van der Waals surface area contributed by atoms with Gasteiger partial charge >= 0.3 is 0 Å². The van der Waals surface area contributed by atoms with Gasteiger partial charge in [-0.25, -0.2) is 0 Å². The number of phenolic OH excluding ortho intramolecular Hbond substituents is 4. The van der Waals surface area contributed by atoms with Crippen LogP contribution in [-0.2, 0) is 28.5 Å². The highest BCUT2D eigenvalue weighted by molar-refractivity contribution is 7.86. The molecule has 294 valence electrons. The van der Waals surface area contributed by atoms with Crippen molar-refractivity contribution < 1.29 is 66.4 Å². The van der Waals surface area contributed by atoms with Gasteiger partial charge in [0.25, 0.3) is 10.1 Å². The lowest BCUT2D eigenvalue weighted by Gasteiger charge is -2.33. The molecule has 2 fully saturated rings. The van der Waals surface area contributed by atoms with Gasteiger partial charge in [0.05, 0.1) is 27.1 Å². The van der Waals surface area contributed by atoms with Gasteiger partial charge in [-0.1, -0.05) is 66.2 Å². The zero-order valence-corrected chi connectivity index (χ0v) is 31.6. The highest BCUT2D eigenvalue weighted by Crippen LogP contribution is 2.53. The molecule has 5 aromatic rings. The number of benzene rings is 5. The molecule has 2 aliphatic heterocycles. The van der Waals surface area contributed by atoms with Gasteiger partial charge in [0.15, 0.2) is 35.2 Å². The van der Waals surface area contributed by atoms with Crippen LogP contribution in [0.3, 0.4) is 0 Å². The number of phenols is 4. The minimum Gasteiger partial charge on any atom is -0.507 e. The van der Waals surface area contributed by atoms with Gasteiger partial charge in [0, 0.05) is 39.3 Å². The molecule has 58 heavy (non-hydrogen) atoms. The summed E-state index contributed by atoms with van der Waals surface area (Å²) in [6.45, 7) is 4.86. The smallest absolute Gasteiger partial charge is 0.297 e. The van der Waals surface area contributed by atoms with Crippen LogP contribution in [0.4, 0.5) is 0 Å². The Balaban J connectivity index is 1.29. The van der Waals surface area contributed by atoms with Crippen molar-refractivity contribution in [2.24, 2.45) is 0 Å². The number of ketones is 4. The summed E-state index contributed by atoms with van der Waals surface area (Å²) >= 11 is 0. The first kappa shape index (κ1) is 37.4. The zero-order valence-electron chi connectivity index (χ0n) is 30.7. The molecule has 0 bridgehead atoms. The highest BCUT2D eigenvalue weighted by atomic mass is 32.2. The summed E-state index contributed by atoms with van der Waals surface area (Å²) in [7, 11) is -4.67. The van der Waals surface area contributed by atoms with E-state index in [9.17, 15) is 48.0 Å². The number of rotatable bonds is 6. The average Bonchev–Trinajstić information content (AvgIpc) is 3.66.